The molecule has 0 fully saturated rings. The number of nitrogens with one attached hydrogen (secondary N) is 1. The quantitative estimate of drug-likeness (QED) is 0.786. The number of hydrogen-bond donors (Lipinski definition) is 1. The van der Waals surface area contributed by atoms with Gasteiger partial charge in [-0.05, 0) is 18.2 Å². The average molecular weight is 296 g/mol. The molecule has 0 unspecified atom stereocenters. The fraction of sp³-hybridized carbons (Fsp3) is 0.176. The van der Waals surface area contributed by atoms with Gasteiger partial charge in [0.15, 0.2) is 5.58 Å². The SMILES string of the molecule is COc1ccccc1CC(=O)NCc1nc2ccccc2o1. The molecule has 1 N–H and O–H groups in total. The predicted molar refractivity (Wildman–Crippen MR) is 82.6 cm³/mol. The second-order valence-electron chi connectivity index (χ2n) is 4.84. The van der Waals surface area contributed by atoms with Crippen molar-refractivity contribution in [2.24, 2.45) is 0 Å². The van der Waals surface area contributed by atoms with Gasteiger partial charge in [-0.15, -0.1) is 0 Å². The predicted octanol–water partition coefficient (Wildman–Crippen LogP) is 2.70. The number of amides is 1. The minimum absolute atomic E-state index is 0.105. The van der Waals surface area contributed by atoms with E-state index in [-0.39, 0.29) is 18.9 Å². The number of oxazole rings is 1. The second-order valence-corrected chi connectivity index (χ2v) is 4.84. The minimum atomic E-state index is -0.105. The molecule has 0 atom stereocenters. The van der Waals surface area contributed by atoms with Gasteiger partial charge in [-0.2, -0.15) is 0 Å². The maximum absolute atomic E-state index is 12.0. The molecular formula is C17H16N2O3. The Hall–Kier alpha value is -2.82. The highest BCUT2D eigenvalue weighted by molar-refractivity contribution is 5.79. The number of carbonyl (C=O) groups is 1. The minimum Gasteiger partial charge on any atom is -0.496 e. The van der Waals surface area contributed by atoms with Gasteiger partial charge in [-0.25, -0.2) is 4.98 Å². The standard InChI is InChI=1S/C17H16N2O3/c1-21-14-8-4-2-6-12(14)10-16(20)18-11-17-19-13-7-3-5-9-15(13)22-17/h2-9H,10-11H2,1H3,(H,18,20). The molecule has 112 valence electrons. The molecule has 5 nitrogen and oxygen atoms in total. The van der Waals surface area contributed by atoms with Gasteiger partial charge in [0.05, 0.1) is 20.1 Å². The van der Waals surface area contributed by atoms with Crippen molar-refractivity contribution >= 4 is 17.0 Å². The molecule has 1 amide bonds. The van der Waals surface area contributed by atoms with Crippen LogP contribution in [-0.4, -0.2) is 18.0 Å². The molecule has 0 spiro atoms. The third-order valence-corrected chi connectivity index (χ3v) is 3.32. The molecule has 0 saturated carbocycles. The smallest absolute Gasteiger partial charge is 0.224 e. The third-order valence-electron chi connectivity index (χ3n) is 3.32. The first-order valence-electron chi connectivity index (χ1n) is 6.99. The van der Waals surface area contributed by atoms with E-state index in [1.54, 1.807) is 7.11 Å². The zero-order valence-electron chi connectivity index (χ0n) is 12.2. The topological polar surface area (TPSA) is 64.4 Å². The summed E-state index contributed by atoms with van der Waals surface area (Å²) in [6, 6.07) is 15.0. The van der Waals surface area contributed by atoms with Crippen LogP contribution in [-0.2, 0) is 17.8 Å². The van der Waals surface area contributed by atoms with Crippen LogP contribution in [0.15, 0.2) is 52.9 Å². The van der Waals surface area contributed by atoms with Crippen molar-refractivity contribution in [3.63, 3.8) is 0 Å². The molecule has 0 aliphatic heterocycles. The maximum atomic E-state index is 12.0. The number of ether oxygens (including phenoxy) is 1. The summed E-state index contributed by atoms with van der Waals surface area (Å²) in [6.07, 6.45) is 0.254. The lowest BCUT2D eigenvalue weighted by molar-refractivity contribution is -0.120. The van der Waals surface area contributed by atoms with Crippen LogP contribution >= 0.6 is 0 Å². The molecule has 22 heavy (non-hydrogen) atoms. The number of carbonyl (C=O) groups excluding carboxylic acids is 1. The van der Waals surface area contributed by atoms with E-state index in [4.69, 9.17) is 9.15 Å². The third kappa shape index (κ3) is 3.09. The highest BCUT2D eigenvalue weighted by Crippen LogP contribution is 2.18. The second kappa shape index (κ2) is 6.30. The Kier molecular flexibility index (Phi) is 4.05. The molecule has 3 rings (SSSR count). The van der Waals surface area contributed by atoms with Crippen LogP contribution in [0.1, 0.15) is 11.5 Å². The molecule has 5 heteroatoms. The first kappa shape index (κ1) is 14.1. The lowest BCUT2D eigenvalue weighted by atomic mass is 10.1. The van der Waals surface area contributed by atoms with E-state index in [0.29, 0.717) is 11.6 Å². The Balaban J connectivity index is 1.62. The summed E-state index contributed by atoms with van der Waals surface area (Å²) in [4.78, 5) is 16.4. The zero-order chi connectivity index (χ0) is 15.4. The highest BCUT2D eigenvalue weighted by Gasteiger charge is 2.10. The molecule has 3 aromatic rings. The van der Waals surface area contributed by atoms with E-state index in [1.807, 2.05) is 48.5 Å². The number of para-hydroxylation sites is 3. The van der Waals surface area contributed by atoms with Crippen molar-refractivity contribution in [1.29, 1.82) is 0 Å². The summed E-state index contributed by atoms with van der Waals surface area (Å²) < 4.78 is 10.8. The van der Waals surface area contributed by atoms with E-state index in [1.165, 1.54) is 0 Å². The Morgan fingerprint density at radius 1 is 1.18 bits per heavy atom. The van der Waals surface area contributed by atoms with Crippen LogP contribution in [0.3, 0.4) is 0 Å². The molecule has 0 radical (unpaired) electrons. The summed E-state index contributed by atoms with van der Waals surface area (Å²) in [5, 5.41) is 2.81. The van der Waals surface area contributed by atoms with Gasteiger partial charge in [0, 0.05) is 5.56 Å². The fourth-order valence-corrected chi connectivity index (χ4v) is 2.25. The number of hydrogen-bond acceptors (Lipinski definition) is 4. The highest BCUT2D eigenvalue weighted by atomic mass is 16.5. The van der Waals surface area contributed by atoms with Crippen LogP contribution < -0.4 is 10.1 Å². The van der Waals surface area contributed by atoms with E-state index in [2.05, 4.69) is 10.3 Å². The molecule has 0 saturated heterocycles. The Morgan fingerprint density at radius 3 is 2.77 bits per heavy atom. The summed E-state index contributed by atoms with van der Waals surface area (Å²) in [6.45, 7) is 0.267. The largest absolute Gasteiger partial charge is 0.496 e. The Bertz CT molecular complexity index is 762. The van der Waals surface area contributed by atoms with Crippen LogP contribution in [0.25, 0.3) is 11.1 Å². The zero-order valence-corrected chi connectivity index (χ0v) is 12.2. The molecule has 0 bridgehead atoms. The summed E-state index contributed by atoms with van der Waals surface area (Å²) in [5.41, 5.74) is 2.35. The number of nitrogens with zero attached hydrogens (tertiary/aromatic N) is 1. The summed E-state index contributed by atoms with van der Waals surface area (Å²) >= 11 is 0. The van der Waals surface area contributed by atoms with Gasteiger partial charge in [-0.1, -0.05) is 30.3 Å². The Labute approximate surface area is 127 Å². The Morgan fingerprint density at radius 2 is 1.95 bits per heavy atom. The lowest BCUT2D eigenvalue weighted by Gasteiger charge is -2.07. The fourth-order valence-electron chi connectivity index (χ4n) is 2.25. The van der Waals surface area contributed by atoms with Crippen molar-refractivity contribution in [1.82, 2.24) is 10.3 Å². The van der Waals surface area contributed by atoms with Crippen molar-refractivity contribution in [3.8, 4) is 5.75 Å². The number of aromatic nitrogens is 1. The average Bonchev–Trinajstić information content (AvgIpc) is 2.96. The van der Waals surface area contributed by atoms with Crippen molar-refractivity contribution in [2.45, 2.75) is 13.0 Å². The number of methoxy groups -OCH3 is 1. The lowest BCUT2D eigenvalue weighted by Crippen LogP contribution is -2.24. The summed E-state index contributed by atoms with van der Waals surface area (Å²) in [7, 11) is 1.59. The molecule has 1 heterocycles. The van der Waals surface area contributed by atoms with Crippen LogP contribution in [0.4, 0.5) is 0 Å². The molecular weight excluding hydrogens is 280 g/mol. The van der Waals surface area contributed by atoms with Crippen molar-refractivity contribution < 1.29 is 13.9 Å². The van der Waals surface area contributed by atoms with Gasteiger partial charge in [0.1, 0.15) is 11.3 Å². The maximum Gasteiger partial charge on any atom is 0.224 e. The van der Waals surface area contributed by atoms with Gasteiger partial charge >= 0.3 is 0 Å². The summed E-state index contributed by atoms with van der Waals surface area (Å²) in [5.74, 6) is 1.10. The number of fused-ring (bicyclic) bond motifs is 1. The molecule has 1 aromatic heterocycles. The van der Waals surface area contributed by atoms with Crippen LogP contribution in [0.5, 0.6) is 5.75 Å². The first-order chi connectivity index (χ1) is 10.8. The number of rotatable bonds is 5. The molecule has 0 aliphatic rings. The van der Waals surface area contributed by atoms with Crippen LogP contribution in [0, 0.1) is 0 Å². The van der Waals surface area contributed by atoms with Gasteiger partial charge in [0.25, 0.3) is 0 Å². The van der Waals surface area contributed by atoms with Gasteiger partial charge < -0.3 is 14.5 Å². The molecule has 2 aromatic carbocycles. The van der Waals surface area contributed by atoms with Crippen molar-refractivity contribution in [3.05, 3.63) is 60.0 Å². The van der Waals surface area contributed by atoms with Gasteiger partial charge in [0.2, 0.25) is 11.8 Å². The van der Waals surface area contributed by atoms with E-state index in [9.17, 15) is 4.79 Å². The van der Waals surface area contributed by atoms with Crippen LogP contribution in [0.2, 0.25) is 0 Å². The van der Waals surface area contributed by atoms with E-state index < -0.39 is 0 Å². The van der Waals surface area contributed by atoms with E-state index >= 15 is 0 Å². The normalized spacial score (nSPS) is 10.6. The monoisotopic (exact) mass is 296 g/mol. The first-order valence-corrected chi connectivity index (χ1v) is 6.99. The number of benzene rings is 2. The van der Waals surface area contributed by atoms with E-state index in [0.717, 1.165) is 16.7 Å². The molecule has 0 aliphatic carbocycles. The van der Waals surface area contributed by atoms with Crippen molar-refractivity contribution in [2.75, 3.05) is 7.11 Å². The van der Waals surface area contributed by atoms with Gasteiger partial charge in [-0.3, -0.25) is 4.79 Å².